The molecule has 4 aliphatic heterocycles. The van der Waals surface area contributed by atoms with Crippen LogP contribution in [-0.2, 0) is 46.2 Å². The second-order valence-corrected chi connectivity index (χ2v) is 23.2. The van der Waals surface area contributed by atoms with E-state index in [0.717, 1.165) is 113 Å². The highest BCUT2D eigenvalue weighted by atomic mass is 16.5. The van der Waals surface area contributed by atoms with E-state index in [1.54, 1.807) is 4.68 Å². The molecule has 8 aromatic rings. The van der Waals surface area contributed by atoms with Crippen molar-refractivity contribution in [3.05, 3.63) is 197 Å². The maximum Gasteiger partial charge on any atom is 0.331 e. The maximum absolute atomic E-state index is 13.0. The molecule has 3 aromatic heterocycles. The highest BCUT2D eigenvalue weighted by molar-refractivity contribution is 5.75. The van der Waals surface area contributed by atoms with Crippen molar-refractivity contribution in [3.63, 3.8) is 0 Å². The van der Waals surface area contributed by atoms with Crippen molar-refractivity contribution in [3.8, 4) is 51.2 Å². The largest absolute Gasteiger partial charge is 0.494 e. The number of ether oxygens (including phenoxy) is 4. The van der Waals surface area contributed by atoms with Gasteiger partial charge in [-0.2, -0.15) is 0 Å². The standard InChI is InChI=1S/C36H45N3O3.C33H36N2O2/c1-24(2)42-34(40)33(20-26-13-11-10-12-14-26)39-22-32(37-38-39)31-16-15-30(17-25(31)3)41-23-27-18-28(35(4,5)6)21-29(19-27)36(7,8)9;1-2-4-6-25-37-30-22-18-27(19-23-30)31-13-9-15-33(35-31)32-14-8-12-28(34-32)11-7-10-26-16-20-29(21-17-26)36-24-5-3-1/h10-19,21-22,24,33H,20,23H2,1-9H3;8-9,12-23H,1-7,10-11,24-25H2. The van der Waals surface area contributed by atoms with Crippen LogP contribution in [-0.4, -0.2) is 50.2 Å². The molecule has 1 atom stereocenters. The molecule has 5 aromatic carbocycles. The van der Waals surface area contributed by atoms with Gasteiger partial charge in [-0.15, -0.1) is 5.10 Å². The van der Waals surface area contributed by atoms with Crippen molar-refractivity contribution < 1.29 is 23.7 Å². The number of hydrogen-bond acceptors (Lipinski definition) is 9. The van der Waals surface area contributed by atoms with Crippen molar-refractivity contribution in [2.75, 3.05) is 13.2 Å². The third-order valence-electron chi connectivity index (χ3n) is 14.2. The van der Waals surface area contributed by atoms with Crippen molar-refractivity contribution in [1.82, 2.24) is 25.0 Å². The zero-order valence-corrected chi connectivity index (χ0v) is 48.1. The van der Waals surface area contributed by atoms with Crippen molar-refractivity contribution in [1.29, 1.82) is 0 Å². The number of benzene rings is 5. The molecule has 10 heteroatoms. The van der Waals surface area contributed by atoms with Crippen molar-refractivity contribution >= 4 is 5.97 Å². The zero-order chi connectivity index (χ0) is 55.8. The van der Waals surface area contributed by atoms with Gasteiger partial charge in [0, 0.05) is 23.2 Å². The molecule has 0 saturated carbocycles. The summed E-state index contributed by atoms with van der Waals surface area (Å²) in [5, 5.41) is 8.77. The Morgan fingerprint density at radius 3 is 1.84 bits per heavy atom. The Morgan fingerprint density at radius 1 is 0.595 bits per heavy atom. The number of nitrogens with zero attached hydrogens (tertiary/aromatic N) is 5. The van der Waals surface area contributed by atoms with Gasteiger partial charge in [0.05, 0.1) is 42.6 Å². The molecule has 8 bridgehead atoms. The molecule has 4 aliphatic rings. The number of carbonyl (C=O) groups excluding carboxylic acids is 1. The van der Waals surface area contributed by atoms with Crippen LogP contribution < -0.4 is 14.2 Å². The van der Waals surface area contributed by atoms with Gasteiger partial charge in [-0.1, -0.05) is 145 Å². The van der Waals surface area contributed by atoms with Gasteiger partial charge in [-0.25, -0.2) is 14.5 Å². The Hall–Kier alpha value is -7.59. The average Bonchev–Trinajstić information content (AvgIpc) is 4.02. The molecule has 7 heterocycles. The first-order valence-electron chi connectivity index (χ1n) is 28.5. The van der Waals surface area contributed by atoms with Gasteiger partial charge in [0.15, 0.2) is 6.04 Å². The van der Waals surface area contributed by atoms with Crippen LogP contribution in [0, 0.1) is 6.92 Å². The summed E-state index contributed by atoms with van der Waals surface area (Å²) >= 11 is 0. The highest BCUT2D eigenvalue weighted by Crippen LogP contribution is 2.33. The quantitative estimate of drug-likeness (QED) is 0.131. The van der Waals surface area contributed by atoms with E-state index in [-0.39, 0.29) is 22.9 Å². The Bertz CT molecular complexity index is 3160. The summed E-state index contributed by atoms with van der Waals surface area (Å²) in [7, 11) is 0. The summed E-state index contributed by atoms with van der Waals surface area (Å²) < 4.78 is 25.4. The molecule has 0 N–H and O–H groups in total. The molecule has 10 nitrogen and oxygen atoms in total. The van der Waals surface area contributed by atoms with Crippen LogP contribution in [0.2, 0.25) is 0 Å². The number of rotatable bonds is 9. The molecule has 0 amide bonds. The first-order chi connectivity index (χ1) is 38.0. The molecule has 412 valence electrons. The third-order valence-corrected chi connectivity index (χ3v) is 14.2. The smallest absolute Gasteiger partial charge is 0.331 e. The predicted molar refractivity (Wildman–Crippen MR) is 319 cm³/mol. The van der Waals surface area contributed by atoms with E-state index >= 15 is 0 Å². The lowest BCUT2D eigenvalue weighted by Gasteiger charge is -2.26. The Morgan fingerprint density at radius 2 is 1.20 bits per heavy atom. The van der Waals surface area contributed by atoms with Gasteiger partial charge in [-0.05, 0) is 176 Å². The number of pyridine rings is 2. The molecule has 1 unspecified atom stereocenters. The van der Waals surface area contributed by atoms with E-state index in [9.17, 15) is 4.79 Å². The first kappa shape index (κ1) is 57.6. The van der Waals surface area contributed by atoms with E-state index in [1.165, 1.54) is 42.4 Å². The van der Waals surface area contributed by atoms with Crippen molar-refractivity contribution in [2.45, 2.75) is 156 Å². The fourth-order valence-electron chi connectivity index (χ4n) is 9.55. The summed E-state index contributed by atoms with van der Waals surface area (Å²) in [5.41, 5.74) is 13.8. The Labute approximate surface area is 470 Å². The van der Waals surface area contributed by atoms with Crippen LogP contribution in [0.4, 0.5) is 0 Å². The second-order valence-electron chi connectivity index (χ2n) is 23.2. The van der Waals surface area contributed by atoms with Gasteiger partial charge in [0.1, 0.15) is 29.5 Å². The SMILES string of the molecule is Cc1cc(OCc2cc(C(C)(C)C)cc(C(C)(C)C)c2)ccc1-c1cn(C(Cc2ccccc2)C(=O)OC(C)C)nn1.c1cc2nc(c1)-c1cccc(n1)-c1ccc(cc1)OCCCCCCCCOc1ccc(cc1)CCC2. The van der Waals surface area contributed by atoms with Gasteiger partial charge in [-0.3, -0.25) is 4.98 Å². The average molecular weight is 1060 g/mol. The van der Waals surface area contributed by atoms with Gasteiger partial charge < -0.3 is 18.9 Å². The molecule has 0 radical (unpaired) electrons. The molecular weight excluding hydrogens is 979 g/mol. The molecule has 0 fully saturated rings. The van der Waals surface area contributed by atoms with E-state index < -0.39 is 6.04 Å². The Balaban J connectivity index is 0.000000209. The number of aromatic nitrogens is 5. The van der Waals surface area contributed by atoms with Crippen LogP contribution in [0.5, 0.6) is 17.2 Å². The monoisotopic (exact) mass is 1060 g/mol. The highest BCUT2D eigenvalue weighted by Gasteiger charge is 2.26. The summed E-state index contributed by atoms with van der Waals surface area (Å²) in [5.74, 6) is 2.35. The molecular formula is C69H81N5O5. The van der Waals surface area contributed by atoms with Crippen LogP contribution in [0.15, 0.2) is 158 Å². The lowest BCUT2D eigenvalue weighted by Crippen LogP contribution is -2.26. The maximum atomic E-state index is 13.0. The molecule has 0 aliphatic carbocycles. The van der Waals surface area contributed by atoms with Crippen LogP contribution >= 0.6 is 0 Å². The van der Waals surface area contributed by atoms with Crippen LogP contribution in [0.1, 0.15) is 145 Å². The van der Waals surface area contributed by atoms with E-state index in [4.69, 9.17) is 28.9 Å². The zero-order valence-electron chi connectivity index (χ0n) is 48.1. The normalized spacial score (nSPS) is 14.0. The number of esters is 1. The number of aryl methyl sites for hydroxylation is 3. The fourth-order valence-corrected chi connectivity index (χ4v) is 9.55. The molecule has 79 heavy (non-hydrogen) atoms. The summed E-state index contributed by atoms with van der Waals surface area (Å²) in [4.78, 5) is 22.9. The minimum absolute atomic E-state index is 0.0529. The summed E-state index contributed by atoms with van der Waals surface area (Å²) in [6, 6.07) is 51.3. The minimum Gasteiger partial charge on any atom is -0.494 e. The summed E-state index contributed by atoms with van der Waals surface area (Å²) in [6.45, 7) is 21.2. The van der Waals surface area contributed by atoms with E-state index in [0.29, 0.717) is 18.7 Å². The van der Waals surface area contributed by atoms with E-state index in [1.807, 2.05) is 99.8 Å². The van der Waals surface area contributed by atoms with Crippen LogP contribution in [0.25, 0.3) is 33.9 Å². The molecule has 12 rings (SSSR count). The molecule has 0 spiro atoms. The number of carbonyl (C=O) groups is 1. The lowest BCUT2D eigenvalue weighted by molar-refractivity contribution is -0.151. The van der Waals surface area contributed by atoms with E-state index in [2.05, 4.69) is 131 Å². The predicted octanol–water partition coefficient (Wildman–Crippen LogP) is 16.3. The number of hydrogen-bond donors (Lipinski definition) is 0. The Kier molecular flexibility index (Phi) is 19.9. The van der Waals surface area contributed by atoms with Crippen molar-refractivity contribution in [2.24, 2.45) is 0 Å². The van der Waals surface area contributed by atoms with Crippen LogP contribution in [0.3, 0.4) is 0 Å². The fraction of sp³-hybridized carbons (Fsp3) is 0.377. The lowest BCUT2D eigenvalue weighted by atomic mass is 9.79. The van der Waals surface area contributed by atoms with Gasteiger partial charge >= 0.3 is 5.97 Å². The topological polar surface area (TPSA) is 110 Å². The second kappa shape index (κ2) is 27.3. The summed E-state index contributed by atoms with van der Waals surface area (Å²) in [6.07, 6.45) is 12.2. The third kappa shape index (κ3) is 17.2. The van der Waals surface area contributed by atoms with Gasteiger partial charge in [0.2, 0.25) is 0 Å². The first-order valence-corrected chi connectivity index (χ1v) is 28.5. The molecule has 0 saturated heterocycles. The minimum atomic E-state index is -0.610. The van der Waals surface area contributed by atoms with Gasteiger partial charge in [0.25, 0.3) is 0 Å².